The first kappa shape index (κ1) is 29.2. The molecular formula is C8H22N6O8P2Zn. The van der Waals surface area contributed by atoms with E-state index in [-0.39, 0.29) is 57.7 Å². The van der Waals surface area contributed by atoms with Gasteiger partial charge in [-0.15, -0.1) is 0 Å². The van der Waals surface area contributed by atoms with Crippen LogP contribution in [0.15, 0.2) is 0 Å². The third-order valence-electron chi connectivity index (χ3n) is 2.18. The first-order valence-electron chi connectivity index (χ1n) is 6.12. The Morgan fingerprint density at radius 2 is 1.20 bits per heavy atom. The second-order valence-corrected chi connectivity index (χ2v) is 6.61. The zero-order valence-electron chi connectivity index (χ0n) is 13.8. The van der Waals surface area contributed by atoms with Crippen molar-refractivity contribution in [3.8, 4) is 0 Å². The smallest absolute Gasteiger partial charge is 0.756 e. The van der Waals surface area contributed by atoms with Crippen LogP contribution in [0, 0.1) is 10.8 Å². The van der Waals surface area contributed by atoms with Crippen LogP contribution in [0.1, 0.15) is 0 Å². The Morgan fingerprint density at radius 1 is 0.960 bits per heavy atom. The first-order chi connectivity index (χ1) is 10.7. The predicted octanol–water partition coefficient (Wildman–Crippen LogP) is -3.42. The monoisotopic (exact) mass is 456 g/mol. The molecule has 0 aromatic carbocycles. The van der Waals surface area contributed by atoms with Gasteiger partial charge in [-0.25, -0.2) is 0 Å². The van der Waals surface area contributed by atoms with Crippen molar-refractivity contribution in [1.82, 2.24) is 9.80 Å². The SMILES string of the molecule is CN(CCOP(=O)([O-])O)C(=N)N.CN(CCOP(=O)([O-])O)C(=N)N.[Zn+2]. The molecule has 0 radical (unpaired) electrons. The van der Waals surface area contributed by atoms with E-state index in [1.54, 1.807) is 0 Å². The molecule has 0 amide bonds. The number of nitrogens with two attached hydrogens (primary N) is 2. The Hall–Kier alpha value is -0.617. The maximum atomic E-state index is 10.0. The maximum absolute atomic E-state index is 10.0. The maximum Gasteiger partial charge on any atom is 2.00 e. The molecule has 0 aliphatic rings. The van der Waals surface area contributed by atoms with Gasteiger partial charge in [0.2, 0.25) is 0 Å². The molecule has 0 aromatic rings. The molecule has 0 spiro atoms. The largest absolute Gasteiger partial charge is 2.00 e. The van der Waals surface area contributed by atoms with Gasteiger partial charge in [-0.3, -0.25) is 19.9 Å². The Bertz CT molecular complexity index is 455. The molecule has 0 aliphatic carbocycles. The summed E-state index contributed by atoms with van der Waals surface area (Å²) >= 11 is 0. The predicted molar refractivity (Wildman–Crippen MR) is 80.6 cm³/mol. The van der Waals surface area contributed by atoms with Gasteiger partial charge in [-0.2, -0.15) is 0 Å². The summed E-state index contributed by atoms with van der Waals surface area (Å²) in [5, 5.41) is 13.7. The Balaban J connectivity index is -0.000000372. The van der Waals surface area contributed by atoms with E-state index in [2.05, 4.69) is 9.05 Å². The Labute approximate surface area is 157 Å². The van der Waals surface area contributed by atoms with Crippen molar-refractivity contribution in [1.29, 1.82) is 10.8 Å². The molecule has 2 unspecified atom stereocenters. The molecule has 8 N–H and O–H groups in total. The average Bonchev–Trinajstić information content (AvgIpc) is 2.35. The van der Waals surface area contributed by atoms with E-state index >= 15 is 0 Å². The average molecular weight is 458 g/mol. The molecule has 0 bridgehead atoms. The summed E-state index contributed by atoms with van der Waals surface area (Å²) in [5.74, 6) is -0.394. The van der Waals surface area contributed by atoms with Gasteiger partial charge in [0.15, 0.2) is 11.9 Å². The number of rotatable bonds is 8. The summed E-state index contributed by atoms with van der Waals surface area (Å²) in [4.78, 5) is 38.9. The van der Waals surface area contributed by atoms with Crippen LogP contribution in [0.3, 0.4) is 0 Å². The van der Waals surface area contributed by atoms with Gasteiger partial charge in [0, 0.05) is 27.2 Å². The molecule has 0 rings (SSSR count). The number of hydrogen-bond donors (Lipinski definition) is 6. The second-order valence-electron chi connectivity index (χ2n) is 4.22. The van der Waals surface area contributed by atoms with Gasteiger partial charge in [0.1, 0.15) is 0 Å². The number of phosphoric acid groups is 2. The quantitative estimate of drug-likeness (QED) is 0.0902. The van der Waals surface area contributed by atoms with E-state index < -0.39 is 15.6 Å². The number of phosphoric ester groups is 2. The number of hydrogen-bond acceptors (Lipinski definition) is 8. The summed E-state index contributed by atoms with van der Waals surface area (Å²) in [6, 6.07) is 0. The normalized spacial score (nSPS) is 14.6. The van der Waals surface area contributed by atoms with Gasteiger partial charge < -0.3 is 49.9 Å². The van der Waals surface area contributed by atoms with Gasteiger partial charge in [0.25, 0.3) is 15.6 Å². The third-order valence-corrected chi connectivity index (χ3v) is 3.20. The van der Waals surface area contributed by atoms with Gasteiger partial charge in [-0.05, 0) is 0 Å². The van der Waals surface area contributed by atoms with Crippen LogP contribution >= 0.6 is 15.6 Å². The number of nitrogens with zero attached hydrogens (tertiary/aromatic N) is 2. The fourth-order valence-electron chi connectivity index (χ4n) is 0.827. The van der Waals surface area contributed by atoms with Crippen LogP contribution in [-0.4, -0.2) is 71.9 Å². The molecule has 0 saturated heterocycles. The van der Waals surface area contributed by atoms with Crippen LogP contribution in [0.25, 0.3) is 0 Å². The second kappa shape index (κ2) is 13.6. The molecule has 0 aliphatic heterocycles. The van der Waals surface area contributed by atoms with Crippen LogP contribution in [-0.2, 0) is 37.7 Å². The molecule has 2 atom stereocenters. The number of likely N-dealkylation sites (N-methyl/N-ethyl adjacent to an activating group) is 2. The van der Waals surface area contributed by atoms with E-state index in [1.165, 1.54) is 23.9 Å². The van der Waals surface area contributed by atoms with Gasteiger partial charge in [-0.1, -0.05) is 0 Å². The summed E-state index contributed by atoms with van der Waals surface area (Å²) in [6.07, 6.45) is 0. The molecule has 0 aromatic heterocycles. The van der Waals surface area contributed by atoms with E-state index in [4.69, 9.17) is 32.1 Å². The Kier molecular flexibility index (Phi) is 15.8. The molecule has 0 fully saturated rings. The zero-order valence-corrected chi connectivity index (χ0v) is 18.6. The third kappa shape index (κ3) is 23.4. The minimum atomic E-state index is -4.64. The van der Waals surface area contributed by atoms with E-state index in [9.17, 15) is 18.9 Å². The van der Waals surface area contributed by atoms with Crippen molar-refractivity contribution in [2.45, 2.75) is 0 Å². The van der Waals surface area contributed by atoms with E-state index in [0.29, 0.717) is 0 Å². The van der Waals surface area contributed by atoms with Crippen molar-refractivity contribution in [3.63, 3.8) is 0 Å². The molecule has 25 heavy (non-hydrogen) atoms. The molecule has 14 nitrogen and oxygen atoms in total. The summed E-state index contributed by atoms with van der Waals surface area (Å²) in [6.45, 7) is -0.203. The number of guanidine groups is 2. The van der Waals surface area contributed by atoms with Crippen LogP contribution < -0.4 is 21.3 Å². The van der Waals surface area contributed by atoms with Gasteiger partial charge >= 0.3 is 19.5 Å². The van der Waals surface area contributed by atoms with E-state index in [1.807, 2.05) is 0 Å². The van der Waals surface area contributed by atoms with Crippen molar-refractivity contribution in [2.24, 2.45) is 11.5 Å². The van der Waals surface area contributed by atoms with Crippen molar-refractivity contribution >= 4 is 27.6 Å². The molecule has 0 heterocycles. The first-order valence-corrected chi connectivity index (χ1v) is 9.12. The standard InChI is InChI=1S/2C4H12N3O4P.Zn/c2*1-7(4(5)6)2-3-11-12(8,9)10;/h2*2-3H2,1H3,(H3,5,6)(H2,8,9,10);/q;;+2/p-2. The fraction of sp³-hybridized carbons (Fsp3) is 0.750. The van der Waals surface area contributed by atoms with Crippen molar-refractivity contribution in [2.75, 3.05) is 40.4 Å². The number of nitrogens with one attached hydrogen (secondary N) is 2. The zero-order chi connectivity index (χ0) is 19.6. The summed E-state index contributed by atoms with van der Waals surface area (Å²) < 4.78 is 28.1. The Morgan fingerprint density at radius 3 is 1.36 bits per heavy atom. The van der Waals surface area contributed by atoms with Crippen LogP contribution in [0.5, 0.6) is 0 Å². The molecular weight excluding hydrogens is 435 g/mol. The molecule has 0 saturated carbocycles. The summed E-state index contributed by atoms with van der Waals surface area (Å²) in [7, 11) is -6.28. The molecule has 17 heteroatoms. The van der Waals surface area contributed by atoms with Crippen molar-refractivity contribution in [3.05, 3.63) is 0 Å². The molecule has 144 valence electrons. The van der Waals surface area contributed by atoms with Crippen LogP contribution in [0.4, 0.5) is 0 Å². The fourth-order valence-corrected chi connectivity index (χ4v) is 1.45. The topological polar surface area (TPSA) is 245 Å². The minimum absolute atomic E-state index is 0. The van der Waals surface area contributed by atoms with Gasteiger partial charge in [0.05, 0.1) is 13.2 Å². The summed E-state index contributed by atoms with van der Waals surface area (Å²) in [5.41, 5.74) is 10.1. The minimum Gasteiger partial charge on any atom is -0.756 e. The van der Waals surface area contributed by atoms with E-state index in [0.717, 1.165) is 0 Å². The van der Waals surface area contributed by atoms with Crippen LogP contribution in [0.2, 0.25) is 0 Å². The van der Waals surface area contributed by atoms with Crippen molar-refractivity contribution < 1.29 is 57.2 Å².